The number of aromatic carboxylic acids is 1. The first-order chi connectivity index (χ1) is 8.61. The lowest BCUT2D eigenvalue weighted by Gasteiger charge is -2.06. The van der Waals surface area contributed by atoms with Gasteiger partial charge in [-0.3, -0.25) is 4.68 Å². The zero-order valence-corrected chi connectivity index (χ0v) is 9.38. The fourth-order valence-electron chi connectivity index (χ4n) is 1.61. The van der Waals surface area contributed by atoms with Gasteiger partial charge in [0.1, 0.15) is 5.82 Å². The summed E-state index contributed by atoms with van der Waals surface area (Å²) in [6.07, 6.45) is 0. The van der Waals surface area contributed by atoms with Crippen LogP contribution in [0.15, 0.2) is 30.3 Å². The van der Waals surface area contributed by atoms with Crippen molar-refractivity contribution in [3.05, 3.63) is 53.1 Å². The first-order valence-electron chi connectivity index (χ1n) is 5.26. The molecule has 1 aromatic heterocycles. The van der Waals surface area contributed by atoms with Crippen LogP contribution >= 0.6 is 0 Å². The average Bonchev–Trinajstić information content (AvgIpc) is 2.75. The zero-order chi connectivity index (χ0) is 13.1. The van der Waals surface area contributed by atoms with Crippen molar-refractivity contribution in [2.75, 3.05) is 0 Å². The van der Waals surface area contributed by atoms with Gasteiger partial charge in [-0.15, -0.1) is 0 Å². The molecule has 0 unspecified atom stereocenters. The Labute approximate surface area is 102 Å². The molecule has 0 atom stereocenters. The van der Waals surface area contributed by atoms with Crippen LogP contribution < -0.4 is 0 Å². The van der Waals surface area contributed by atoms with Gasteiger partial charge in [0.2, 0.25) is 0 Å². The molecule has 94 valence electrons. The smallest absolute Gasteiger partial charge is 0.356 e. The van der Waals surface area contributed by atoms with Gasteiger partial charge in [-0.05, 0) is 12.1 Å². The van der Waals surface area contributed by atoms with E-state index in [1.807, 2.05) is 0 Å². The largest absolute Gasteiger partial charge is 0.476 e. The summed E-state index contributed by atoms with van der Waals surface area (Å²) in [6.45, 7) is -0.273. The van der Waals surface area contributed by atoms with Crippen molar-refractivity contribution < 1.29 is 19.4 Å². The van der Waals surface area contributed by atoms with E-state index in [1.54, 1.807) is 18.2 Å². The second-order valence-corrected chi connectivity index (χ2v) is 3.73. The molecule has 0 aliphatic heterocycles. The fourth-order valence-corrected chi connectivity index (χ4v) is 1.61. The normalized spacial score (nSPS) is 10.6. The Balaban J connectivity index is 2.34. The second kappa shape index (κ2) is 4.97. The molecule has 0 radical (unpaired) electrons. The van der Waals surface area contributed by atoms with Crippen LogP contribution in [0.5, 0.6) is 0 Å². The van der Waals surface area contributed by atoms with Crippen LogP contribution in [0.25, 0.3) is 0 Å². The Morgan fingerprint density at radius 1 is 1.39 bits per heavy atom. The lowest BCUT2D eigenvalue weighted by molar-refractivity contribution is 0.0689. The van der Waals surface area contributed by atoms with E-state index in [0.717, 1.165) is 0 Å². The van der Waals surface area contributed by atoms with Crippen LogP contribution in [0.3, 0.4) is 0 Å². The molecule has 0 saturated carbocycles. The minimum Gasteiger partial charge on any atom is -0.476 e. The van der Waals surface area contributed by atoms with Crippen molar-refractivity contribution in [1.29, 1.82) is 0 Å². The molecule has 2 N–H and O–H groups in total. The van der Waals surface area contributed by atoms with E-state index in [4.69, 9.17) is 10.2 Å². The number of carbonyl (C=O) groups is 1. The number of halogens is 1. The predicted molar refractivity (Wildman–Crippen MR) is 60.6 cm³/mol. The van der Waals surface area contributed by atoms with Crippen molar-refractivity contribution >= 4 is 5.97 Å². The summed E-state index contributed by atoms with van der Waals surface area (Å²) >= 11 is 0. The van der Waals surface area contributed by atoms with Gasteiger partial charge in [0.15, 0.2) is 5.69 Å². The van der Waals surface area contributed by atoms with Crippen LogP contribution in [0.2, 0.25) is 0 Å². The maximum absolute atomic E-state index is 13.5. The Morgan fingerprint density at radius 3 is 2.72 bits per heavy atom. The quantitative estimate of drug-likeness (QED) is 0.856. The third-order valence-electron chi connectivity index (χ3n) is 2.52. The highest BCUT2D eigenvalue weighted by Gasteiger charge is 2.13. The zero-order valence-electron chi connectivity index (χ0n) is 9.38. The Morgan fingerprint density at radius 2 is 2.11 bits per heavy atom. The van der Waals surface area contributed by atoms with Crippen molar-refractivity contribution in [3.8, 4) is 0 Å². The highest BCUT2D eigenvalue weighted by molar-refractivity contribution is 5.85. The topological polar surface area (TPSA) is 75.3 Å². The summed E-state index contributed by atoms with van der Waals surface area (Å²) in [5.41, 5.74) is 0.540. The first kappa shape index (κ1) is 12.3. The van der Waals surface area contributed by atoms with E-state index in [1.165, 1.54) is 16.8 Å². The van der Waals surface area contributed by atoms with Crippen LogP contribution in [0.1, 0.15) is 21.7 Å². The maximum atomic E-state index is 13.5. The number of hydrogen-bond donors (Lipinski definition) is 2. The summed E-state index contributed by atoms with van der Waals surface area (Å²) in [6, 6.07) is 7.41. The first-order valence-corrected chi connectivity index (χ1v) is 5.26. The summed E-state index contributed by atoms with van der Waals surface area (Å²) in [7, 11) is 0. The molecule has 0 spiro atoms. The molecule has 0 bridgehead atoms. The molecule has 0 saturated heterocycles. The van der Waals surface area contributed by atoms with E-state index in [0.29, 0.717) is 11.3 Å². The number of aromatic nitrogens is 2. The van der Waals surface area contributed by atoms with Gasteiger partial charge in [-0.1, -0.05) is 18.2 Å². The fraction of sp³-hybridized carbons (Fsp3) is 0.167. The lowest BCUT2D eigenvalue weighted by Crippen LogP contribution is -2.08. The molecule has 2 aromatic rings. The van der Waals surface area contributed by atoms with Gasteiger partial charge in [-0.2, -0.15) is 5.10 Å². The Bertz CT molecular complexity index is 580. The summed E-state index contributed by atoms with van der Waals surface area (Å²) < 4.78 is 14.7. The Kier molecular flexibility index (Phi) is 3.38. The minimum absolute atomic E-state index is 0.0792. The number of hydrogen-bond acceptors (Lipinski definition) is 3. The predicted octanol–water partition coefficient (Wildman–Crippen LogP) is 1.26. The third-order valence-corrected chi connectivity index (χ3v) is 2.52. The molecule has 2 rings (SSSR count). The third kappa shape index (κ3) is 2.38. The molecule has 0 fully saturated rings. The van der Waals surface area contributed by atoms with Crippen molar-refractivity contribution in [2.24, 2.45) is 0 Å². The maximum Gasteiger partial charge on any atom is 0.356 e. The molecule has 0 amide bonds. The van der Waals surface area contributed by atoms with Crippen LogP contribution in [0, 0.1) is 5.82 Å². The van der Waals surface area contributed by atoms with Gasteiger partial charge >= 0.3 is 5.97 Å². The van der Waals surface area contributed by atoms with Gasteiger partial charge in [-0.25, -0.2) is 9.18 Å². The van der Waals surface area contributed by atoms with Gasteiger partial charge < -0.3 is 10.2 Å². The lowest BCUT2D eigenvalue weighted by atomic mass is 10.2. The number of carboxylic acids is 1. The van der Waals surface area contributed by atoms with Crippen molar-refractivity contribution in [1.82, 2.24) is 9.78 Å². The number of rotatable bonds is 4. The molecular formula is C12H11FN2O3. The number of benzene rings is 1. The number of carboxylic acid groups (broad SMARTS) is 1. The molecule has 1 aromatic carbocycles. The highest BCUT2D eigenvalue weighted by atomic mass is 19.1. The Hall–Kier alpha value is -2.21. The minimum atomic E-state index is -1.18. The number of aliphatic hydroxyl groups is 1. The van der Waals surface area contributed by atoms with Gasteiger partial charge in [0.25, 0.3) is 0 Å². The average molecular weight is 250 g/mol. The van der Waals surface area contributed by atoms with E-state index in [-0.39, 0.29) is 18.8 Å². The summed E-state index contributed by atoms with van der Waals surface area (Å²) in [5.74, 6) is -1.58. The van der Waals surface area contributed by atoms with Crippen LogP contribution in [-0.2, 0) is 13.2 Å². The van der Waals surface area contributed by atoms with Gasteiger partial charge in [0, 0.05) is 5.56 Å². The SMILES string of the molecule is O=C(O)c1cc(CO)n(Cc2ccccc2F)n1. The monoisotopic (exact) mass is 250 g/mol. The van der Waals surface area contributed by atoms with Crippen LogP contribution in [0.4, 0.5) is 4.39 Å². The molecule has 0 aliphatic rings. The number of aliphatic hydroxyl groups excluding tert-OH is 1. The summed E-state index contributed by atoms with van der Waals surface area (Å²) in [4.78, 5) is 10.8. The van der Waals surface area contributed by atoms with E-state index in [9.17, 15) is 9.18 Å². The molecule has 6 heteroatoms. The molecule has 1 heterocycles. The molecule has 5 nitrogen and oxygen atoms in total. The van der Waals surface area contributed by atoms with E-state index in [2.05, 4.69) is 5.10 Å². The van der Waals surface area contributed by atoms with E-state index < -0.39 is 11.8 Å². The van der Waals surface area contributed by atoms with E-state index >= 15 is 0 Å². The van der Waals surface area contributed by atoms with Gasteiger partial charge in [0.05, 0.1) is 18.8 Å². The van der Waals surface area contributed by atoms with Crippen LogP contribution in [-0.4, -0.2) is 26.0 Å². The number of nitrogens with zero attached hydrogens (tertiary/aromatic N) is 2. The van der Waals surface area contributed by atoms with Crippen molar-refractivity contribution in [3.63, 3.8) is 0 Å². The molecule has 18 heavy (non-hydrogen) atoms. The summed E-state index contributed by atoms with van der Waals surface area (Å²) in [5, 5.41) is 21.7. The second-order valence-electron chi connectivity index (χ2n) is 3.73. The molecule has 0 aliphatic carbocycles. The standard InChI is InChI=1S/C12H11FN2O3/c13-10-4-2-1-3-8(10)6-15-9(7-16)5-11(14-15)12(17)18/h1-5,16H,6-7H2,(H,17,18). The molecular weight excluding hydrogens is 239 g/mol. The van der Waals surface area contributed by atoms with Crippen molar-refractivity contribution in [2.45, 2.75) is 13.2 Å². The highest BCUT2D eigenvalue weighted by Crippen LogP contribution is 2.11.